The van der Waals surface area contributed by atoms with Crippen LogP contribution in [0, 0.1) is 0 Å². The molecular formula is C8H10F2N2O2. The van der Waals surface area contributed by atoms with Gasteiger partial charge in [-0.25, -0.2) is 13.6 Å². The highest BCUT2D eigenvalue weighted by Gasteiger charge is 2.23. The van der Waals surface area contributed by atoms with Gasteiger partial charge in [0.15, 0.2) is 0 Å². The number of carbonyl (C=O) groups is 1. The summed E-state index contributed by atoms with van der Waals surface area (Å²) in [6, 6.07) is 0. The average Bonchev–Trinajstić information content (AvgIpc) is 2.61. The van der Waals surface area contributed by atoms with Crippen LogP contribution in [0.1, 0.15) is 33.5 Å². The molecule has 1 aromatic heterocycles. The SMILES string of the molecule is [2H]C([2H])([2H])n1cc(C(=O)OCC)c(C(F)F)n1. The maximum Gasteiger partial charge on any atom is 0.341 e. The molecule has 0 radical (unpaired) electrons. The highest BCUT2D eigenvalue weighted by atomic mass is 19.3. The summed E-state index contributed by atoms with van der Waals surface area (Å²) in [5.74, 6) is -1.02. The fourth-order valence-electron chi connectivity index (χ4n) is 0.915. The van der Waals surface area contributed by atoms with E-state index in [4.69, 9.17) is 4.11 Å². The van der Waals surface area contributed by atoms with Crippen LogP contribution in [0.4, 0.5) is 8.78 Å². The molecule has 0 saturated carbocycles. The number of halogens is 2. The minimum absolute atomic E-state index is 0.000456. The molecule has 6 heteroatoms. The Bertz CT molecular complexity index is 417. The summed E-state index contributed by atoms with van der Waals surface area (Å²) in [5, 5.41) is 3.19. The fourth-order valence-corrected chi connectivity index (χ4v) is 0.915. The van der Waals surface area contributed by atoms with Crippen LogP contribution in [-0.2, 0) is 11.7 Å². The number of alkyl halides is 2. The zero-order chi connectivity index (χ0) is 13.2. The number of aromatic nitrogens is 2. The van der Waals surface area contributed by atoms with E-state index >= 15 is 0 Å². The van der Waals surface area contributed by atoms with Gasteiger partial charge in [-0.1, -0.05) is 0 Å². The second-order valence-corrected chi connectivity index (χ2v) is 2.39. The predicted molar refractivity (Wildman–Crippen MR) is 44.1 cm³/mol. The largest absolute Gasteiger partial charge is 0.462 e. The van der Waals surface area contributed by atoms with Crippen molar-refractivity contribution in [1.82, 2.24) is 9.78 Å². The Labute approximate surface area is 83.7 Å². The van der Waals surface area contributed by atoms with Gasteiger partial charge in [-0.3, -0.25) is 4.68 Å². The molecule has 0 fully saturated rings. The number of hydrogen-bond donors (Lipinski definition) is 0. The Hall–Kier alpha value is -1.46. The first-order chi connectivity index (χ1) is 7.77. The van der Waals surface area contributed by atoms with Gasteiger partial charge in [-0.05, 0) is 6.92 Å². The first-order valence-corrected chi connectivity index (χ1v) is 3.82. The Balaban J connectivity index is 3.19. The molecule has 0 amide bonds. The van der Waals surface area contributed by atoms with Crippen molar-refractivity contribution >= 4 is 5.97 Å². The quantitative estimate of drug-likeness (QED) is 0.706. The first-order valence-electron chi connectivity index (χ1n) is 5.32. The van der Waals surface area contributed by atoms with Crippen molar-refractivity contribution in [1.29, 1.82) is 0 Å². The number of aryl methyl sites for hydroxylation is 1. The molecule has 0 unspecified atom stereocenters. The van der Waals surface area contributed by atoms with Crippen LogP contribution in [-0.4, -0.2) is 22.4 Å². The van der Waals surface area contributed by atoms with Crippen LogP contribution in [0.15, 0.2) is 6.20 Å². The van der Waals surface area contributed by atoms with E-state index in [0.717, 1.165) is 6.20 Å². The molecule has 1 aromatic rings. The lowest BCUT2D eigenvalue weighted by molar-refractivity contribution is 0.0515. The second-order valence-electron chi connectivity index (χ2n) is 2.39. The van der Waals surface area contributed by atoms with Crippen molar-refractivity contribution in [2.75, 3.05) is 6.61 Å². The van der Waals surface area contributed by atoms with Crippen molar-refractivity contribution < 1.29 is 22.4 Å². The minimum Gasteiger partial charge on any atom is -0.462 e. The van der Waals surface area contributed by atoms with Crippen molar-refractivity contribution in [2.24, 2.45) is 6.98 Å². The summed E-state index contributed by atoms with van der Waals surface area (Å²) in [5.41, 5.74) is -1.42. The van der Waals surface area contributed by atoms with E-state index in [9.17, 15) is 13.6 Å². The normalized spacial score (nSPS) is 14.7. The molecule has 14 heavy (non-hydrogen) atoms. The molecule has 78 valence electrons. The standard InChI is InChI=1S/C8H10F2N2O2/c1-3-14-8(13)5-4-12(2)11-6(5)7(9)10/h4,7H,3H2,1-2H3/i2D3. The van der Waals surface area contributed by atoms with E-state index in [-0.39, 0.29) is 6.61 Å². The predicted octanol–water partition coefficient (Wildman–Crippen LogP) is 1.53. The fraction of sp³-hybridized carbons (Fsp3) is 0.500. The van der Waals surface area contributed by atoms with E-state index in [1.54, 1.807) is 0 Å². The second kappa shape index (κ2) is 4.17. The summed E-state index contributed by atoms with van der Waals surface area (Å²) >= 11 is 0. The molecule has 0 aromatic carbocycles. The minimum atomic E-state index is -3.04. The molecule has 0 bridgehead atoms. The summed E-state index contributed by atoms with van der Waals surface area (Å²) in [7, 11) is 0. The van der Waals surface area contributed by atoms with E-state index in [0.29, 0.717) is 4.68 Å². The van der Waals surface area contributed by atoms with Gasteiger partial charge in [-0.15, -0.1) is 0 Å². The van der Waals surface area contributed by atoms with Crippen LogP contribution in [0.25, 0.3) is 0 Å². The highest BCUT2D eigenvalue weighted by Crippen LogP contribution is 2.21. The molecule has 0 aliphatic rings. The Kier molecular flexibility index (Phi) is 2.06. The molecule has 1 heterocycles. The summed E-state index contributed by atoms with van der Waals surface area (Å²) in [6.45, 7) is -1.21. The molecule has 0 aliphatic heterocycles. The van der Waals surface area contributed by atoms with Gasteiger partial charge >= 0.3 is 5.97 Å². The van der Waals surface area contributed by atoms with E-state index < -0.39 is 30.6 Å². The van der Waals surface area contributed by atoms with E-state index in [1.807, 2.05) is 0 Å². The van der Waals surface area contributed by atoms with Gasteiger partial charge in [0, 0.05) is 17.3 Å². The third-order valence-corrected chi connectivity index (χ3v) is 1.44. The maximum absolute atomic E-state index is 12.6. The summed E-state index contributed by atoms with van der Waals surface area (Å²) < 4.78 is 51.0. The van der Waals surface area contributed by atoms with Crippen molar-refractivity contribution in [2.45, 2.75) is 13.3 Å². The van der Waals surface area contributed by atoms with Gasteiger partial charge in [0.2, 0.25) is 0 Å². The molecule has 4 nitrogen and oxygen atoms in total. The molecule has 1 rings (SSSR count). The zero-order valence-corrected chi connectivity index (χ0v) is 7.33. The Morgan fingerprint density at radius 2 is 2.57 bits per heavy atom. The summed E-state index contributed by atoms with van der Waals surface area (Å²) in [6.07, 6.45) is -2.30. The third-order valence-electron chi connectivity index (χ3n) is 1.44. The molecule has 0 aliphatic carbocycles. The monoisotopic (exact) mass is 207 g/mol. The Morgan fingerprint density at radius 1 is 1.86 bits per heavy atom. The highest BCUT2D eigenvalue weighted by molar-refractivity contribution is 5.90. The van der Waals surface area contributed by atoms with Crippen LogP contribution >= 0.6 is 0 Å². The first kappa shape index (κ1) is 6.92. The van der Waals surface area contributed by atoms with Crippen LogP contribution in [0.2, 0.25) is 0 Å². The van der Waals surface area contributed by atoms with Crippen molar-refractivity contribution in [3.05, 3.63) is 17.5 Å². The van der Waals surface area contributed by atoms with Gasteiger partial charge < -0.3 is 4.74 Å². The Morgan fingerprint density at radius 3 is 3.07 bits per heavy atom. The topological polar surface area (TPSA) is 44.1 Å². The lowest BCUT2D eigenvalue weighted by Crippen LogP contribution is -2.06. The van der Waals surface area contributed by atoms with Gasteiger partial charge in [0.1, 0.15) is 11.3 Å². The maximum atomic E-state index is 12.6. The third kappa shape index (κ3) is 2.07. The van der Waals surface area contributed by atoms with Crippen molar-refractivity contribution in [3.8, 4) is 0 Å². The zero-order valence-electron chi connectivity index (χ0n) is 10.3. The van der Waals surface area contributed by atoms with Gasteiger partial charge in [0.25, 0.3) is 6.43 Å². The number of carbonyl (C=O) groups excluding carboxylic acids is 1. The number of ether oxygens (including phenoxy) is 1. The van der Waals surface area contributed by atoms with E-state index in [2.05, 4.69) is 9.84 Å². The van der Waals surface area contributed by atoms with Gasteiger partial charge in [0.05, 0.1) is 6.61 Å². The lowest BCUT2D eigenvalue weighted by atomic mass is 10.2. The number of esters is 1. The van der Waals surface area contributed by atoms with Crippen molar-refractivity contribution in [3.63, 3.8) is 0 Å². The number of hydrogen-bond acceptors (Lipinski definition) is 3. The molecular weight excluding hydrogens is 194 g/mol. The number of rotatable bonds is 3. The molecule has 0 atom stereocenters. The summed E-state index contributed by atoms with van der Waals surface area (Å²) in [4.78, 5) is 11.3. The lowest BCUT2D eigenvalue weighted by Gasteiger charge is -2.00. The average molecular weight is 207 g/mol. The molecule has 0 spiro atoms. The van der Waals surface area contributed by atoms with Crippen LogP contribution < -0.4 is 0 Å². The van der Waals surface area contributed by atoms with Gasteiger partial charge in [-0.2, -0.15) is 5.10 Å². The molecule has 0 saturated heterocycles. The molecule has 0 N–H and O–H groups in total. The van der Waals surface area contributed by atoms with Crippen LogP contribution in [0.5, 0.6) is 0 Å². The van der Waals surface area contributed by atoms with E-state index in [1.165, 1.54) is 6.92 Å². The number of nitrogens with zero attached hydrogens (tertiary/aromatic N) is 2. The van der Waals surface area contributed by atoms with Crippen LogP contribution in [0.3, 0.4) is 0 Å². The smallest absolute Gasteiger partial charge is 0.341 e.